The Morgan fingerprint density at radius 1 is 0.833 bits per heavy atom. The van der Waals surface area contributed by atoms with E-state index in [0.29, 0.717) is 36.0 Å². The summed E-state index contributed by atoms with van der Waals surface area (Å²) in [5, 5.41) is 5.85. The second-order valence-electron chi connectivity index (χ2n) is 6.91. The Kier molecular flexibility index (Phi) is 5.94. The molecule has 0 saturated heterocycles. The summed E-state index contributed by atoms with van der Waals surface area (Å²) >= 11 is 0. The van der Waals surface area contributed by atoms with Gasteiger partial charge < -0.3 is 20.1 Å². The molecule has 30 heavy (non-hydrogen) atoms. The number of fused-ring (bicyclic) bond motifs is 1. The molecular weight excluding hydrogens is 380 g/mol. The van der Waals surface area contributed by atoms with Crippen molar-refractivity contribution in [2.45, 2.75) is 12.5 Å². The van der Waals surface area contributed by atoms with E-state index in [1.807, 2.05) is 36.4 Å². The van der Waals surface area contributed by atoms with E-state index in [-0.39, 0.29) is 18.2 Å². The maximum absolute atomic E-state index is 12.7. The standard InChI is InChI=1S/C24H22N2O4/c27-23(25-19-11-12-21-22(15-19)30-14-13-29-21)16-20(17-7-3-1-4-8-17)26-24(28)18-9-5-2-6-10-18/h1-12,15,20H,13-14,16H2,(H,25,27)(H,26,28). The summed E-state index contributed by atoms with van der Waals surface area (Å²) in [4.78, 5) is 25.4. The van der Waals surface area contributed by atoms with E-state index in [9.17, 15) is 9.59 Å². The van der Waals surface area contributed by atoms with Crippen LogP contribution in [-0.2, 0) is 4.79 Å². The summed E-state index contributed by atoms with van der Waals surface area (Å²) in [6.07, 6.45) is 0.0943. The van der Waals surface area contributed by atoms with E-state index in [0.717, 1.165) is 5.56 Å². The second kappa shape index (κ2) is 9.13. The number of nitrogens with one attached hydrogen (secondary N) is 2. The molecule has 1 atom stereocenters. The van der Waals surface area contributed by atoms with E-state index in [4.69, 9.17) is 9.47 Å². The smallest absolute Gasteiger partial charge is 0.251 e. The summed E-state index contributed by atoms with van der Waals surface area (Å²) < 4.78 is 11.1. The molecule has 6 nitrogen and oxygen atoms in total. The number of ether oxygens (including phenoxy) is 2. The van der Waals surface area contributed by atoms with Crippen LogP contribution >= 0.6 is 0 Å². The lowest BCUT2D eigenvalue weighted by Crippen LogP contribution is -2.31. The molecule has 1 heterocycles. The Balaban J connectivity index is 1.47. The van der Waals surface area contributed by atoms with Crippen molar-refractivity contribution in [1.82, 2.24) is 5.32 Å². The number of anilines is 1. The van der Waals surface area contributed by atoms with Crippen molar-refractivity contribution < 1.29 is 19.1 Å². The van der Waals surface area contributed by atoms with Crippen LogP contribution in [0.3, 0.4) is 0 Å². The molecule has 1 unspecified atom stereocenters. The summed E-state index contributed by atoms with van der Waals surface area (Å²) in [6, 6.07) is 23.2. The number of benzene rings is 3. The molecule has 1 aliphatic rings. The van der Waals surface area contributed by atoms with E-state index in [1.54, 1.807) is 42.5 Å². The van der Waals surface area contributed by atoms with Gasteiger partial charge in [0.1, 0.15) is 13.2 Å². The fourth-order valence-corrected chi connectivity index (χ4v) is 3.29. The zero-order valence-corrected chi connectivity index (χ0v) is 16.3. The predicted molar refractivity (Wildman–Crippen MR) is 114 cm³/mol. The largest absolute Gasteiger partial charge is 0.486 e. The third kappa shape index (κ3) is 4.78. The Hall–Kier alpha value is -3.80. The zero-order valence-electron chi connectivity index (χ0n) is 16.3. The van der Waals surface area contributed by atoms with E-state index in [2.05, 4.69) is 10.6 Å². The van der Waals surface area contributed by atoms with Crippen LogP contribution < -0.4 is 20.1 Å². The monoisotopic (exact) mass is 402 g/mol. The van der Waals surface area contributed by atoms with Gasteiger partial charge in [0.25, 0.3) is 5.91 Å². The SMILES string of the molecule is O=C(CC(NC(=O)c1ccccc1)c1ccccc1)Nc1ccc2c(c1)OCCO2. The van der Waals surface area contributed by atoms with E-state index >= 15 is 0 Å². The van der Waals surface area contributed by atoms with Crippen molar-refractivity contribution >= 4 is 17.5 Å². The van der Waals surface area contributed by atoms with E-state index in [1.165, 1.54) is 0 Å². The third-order valence-corrected chi connectivity index (χ3v) is 4.76. The molecule has 4 rings (SSSR count). The first-order valence-corrected chi connectivity index (χ1v) is 9.79. The maximum atomic E-state index is 12.7. The van der Waals surface area contributed by atoms with Crippen molar-refractivity contribution in [1.29, 1.82) is 0 Å². The zero-order chi connectivity index (χ0) is 20.8. The molecule has 2 amide bonds. The summed E-state index contributed by atoms with van der Waals surface area (Å²) in [6.45, 7) is 0.991. The van der Waals surface area contributed by atoms with Gasteiger partial charge in [0.15, 0.2) is 11.5 Å². The average molecular weight is 402 g/mol. The highest BCUT2D eigenvalue weighted by Crippen LogP contribution is 2.32. The number of carbonyl (C=O) groups excluding carboxylic acids is 2. The molecule has 1 aliphatic heterocycles. The quantitative estimate of drug-likeness (QED) is 0.654. The number of carbonyl (C=O) groups is 2. The molecule has 0 spiro atoms. The number of amides is 2. The normalized spacial score (nSPS) is 13.2. The Labute approximate surface area is 174 Å². The van der Waals surface area contributed by atoms with Gasteiger partial charge in [-0.3, -0.25) is 9.59 Å². The molecular formula is C24H22N2O4. The Bertz CT molecular complexity index is 1020. The van der Waals surface area contributed by atoms with Crippen molar-refractivity contribution in [3.8, 4) is 11.5 Å². The first-order valence-electron chi connectivity index (χ1n) is 9.79. The van der Waals surface area contributed by atoms with Crippen LogP contribution in [0.15, 0.2) is 78.9 Å². The van der Waals surface area contributed by atoms with Gasteiger partial charge in [0.05, 0.1) is 12.5 Å². The molecule has 2 N–H and O–H groups in total. The van der Waals surface area contributed by atoms with Gasteiger partial charge in [0.2, 0.25) is 5.91 Å². The van der Waals surface area contributed by atoms with Gasteiger partial charge in [-0.2, -0.15) is 0 Å². The highest BCUT2D eigenvalue weighted by molar-refractivity contribution is 5.96. The molecule has 0 aliphatic carbocycles. The first kappa shape index (κ1) is 19.5. The van der Waals surface area contributed by atoms with Crippen molar-refractivity contribution in [3.63, 3.8) is 0 Å². The van der Waals surface area contributed by atoms with Crippen LogP contribution in [0.5, 0.6) is 11.5 Å². The van der Waals surface area contributed by atoms with Crippen molar-refractivity contribution in [3.05, 3.63) is 90.0 Å². The molecule has 0 radical (unpaired) electrons. The fourth-order valence-electron chi connectivity index (χ4n) is 3.29. The minimum absolute atomic E-state index is 0.0943. The minimum Gasteiger partial charge on any atom is -0.486 e. The van der Waals surface area contributed by atoms with Gasteiger partial charge in [-0.05, 0) is 29.8 Å². The average Bonchev–Trinajstić information content (AvgIpc) is 2.79. The molecule has 152 valence electrons. The second-order valence-corrected chi connectivity index (χ2v) is 6.91. The van der Waals surface area contributed by atoms with Crippen LogP contribution in [0, 0.1) is 0 Å². The minimum atomic E-state index is -0.462. The molecule has 3 aromatic carbocycles. The molecule has 0 bridgehead atoms. The molecule has 0 fully saturated rings. The number of rotatable bonds is 6. The molecule has 3 aromatic rings. The maximum Gasteiger partial charge on any atom is 0.251 e. The summed E-state index contributed by atoms with van der Waals surface area (Å²) in [5.41, 5.74) is 2.02. The predicted octanol–water partition coefficient (Wildman–Crippen LogP) is 3.96. The highest BCUT2D eigenvalue weighted by Gasteiger charge is 2.20. The molecule has 6 heteroatoms. The van der Waals surface area contributed by atoms with Gasteiger partial charge in [-0.1, -0.05) is 48.5 Å². The van der Waals surface area contributed by atoms with Gasteiger partial charge in [-0.25, -0.2) is 0 Å². The first-order chi connectivity index (χ1) is 14.7. The lowest BCUT2D eigenvalue weighted by atomic mass is 10.0. The van der Waals surface area contributed by atoms with E-state index < -0.39 is 6.04 Å². The van der Waals surface area contributed by atoms with Crippen LogP contribution in [0.25, 0.3) is 0 Å². The number of hydrogen-bond donors (Lipinski definition) is 2. The lowest BCUT2D eigenvalue weighted by molar-refractivity contribution is -0.116. The van der Waals surface area contributed by atoms with Gasteiger partial charge in [0, 0.05) is 17.3 Å². The van der Waals surface area contributed by atoms with Crippen LogP contribution in [-0.4, -0.2) is 25.0 Å². The van der Waals surface area contributed by atoms with Gasteiger partial charge in [-0.15, -0.1) is 0 Å². The van der Waals surface area contributed by atoms with Crippen molar-refractivity contribution in [2.24, 2.45) is 0 Å². The Morgan fingerprint density at radius 3 is 2.23 bits per heavy atom. The Morgan fingerprint density at radius 2 is 1.50 bits per heavy atom. The van der Waals surface area contributed by atoms with Crippen molar-refractivity contribution in [2.75, 3.05) is 18.5 Å². The summed E-state index contributed by atoms with van der Waals surface area (Å²) in [7, 11) is 0. The lowest BCUT2D eigenvalue weighted by Gasteiger charge is -2.20. The highest BCUT2D eigenvalue weighted by atomic mass is 16.6. The number of hydrogen-bond acceptors (Lipinski definition) is 4. The molecule has 0 aromatic heterocycles. The van der Waals surface area contributed by atoms with Crippen LogP contribution in [0.2, 0.25) is 0 Å². The van der Waals surface area contributed by atoms with Crippen LogP contribution in [0.4, 0.5) is 5.69 Å². The molecule has 0 saturated carbocycles. The fraction of sp³-hybridized carbons (Fsp3) is 0.167. The summed E-state index contributed by atoms with van der Waals surface area (Å²) in [5.74, 6) is 0.832. The van der Waals surface area contributed by atoms with Crippen LogP contribution in [0.1, 0.15) is 28.4 Å². The topological polar surface area (TPSA) is 76.7 Å². The van der Waals surface area contributed by atoms with Gasteiger partial charge >= 0.3 is 0 Å². The third-order valence-electron chi connectivity index (χ3n) is 4.76.